The smallest absolute Gasteiger partial charge is 0.118 e. The number of benzene rings is 1. The normalized spacial score (nSPS) is 18.4. The molecule has 2 nitrogen and oxygen atoms in total. The molecule has 0 aliphatic heterocycles. The lowest BCUT2D eigenvalue weighted by Crippen LogP contribution is -2.37. The van der Waals surface area contributed by atoms with Crippen molar-refractivity contribution in [2.75, 3.05) is 13.7 Å². The molecule has 1 aromatic carbocycles. The maximum atomic E-state index is 5.20. The van der Waals surface area contributed by atoms with Crippen LogP contribution < -0.4 is 10.1 Å². The Morgan fingerprint density at radius 2 is 1.94 bits per heavy atom. The Morgan fingerprint density at radius 1 is 1.28 bits per heavy atom. The minimum Gasteiger partial charge on any atom is -0.497 e. The van der Waals surface area contributed by atoms with E-state index >= 15 is 0 Å². The summed E-state index contributed by atoms with van der Waals surface area (Å²) in [5.41, 5.74) is 1.40. The number of ether oxygens (including phenoxy) is 1. The molecule has 0 amide bonds. The lowest BCUT2D eigenvalue weighted by molar-refractivity contribution is 0.344. The van der Waals surface area contributed by atoms with Crippen molar-refractivity contribution < 1.29 is 4.74 Å². The Labute approximate surface area is 111 Å². The van der Waals surface area contributed by atoms with E-state index in [1.54, 1.807) is 7.11 Å². The van der Waals surface area contributed by atoms with Gasteiger partial charge in [-0.25, -0.2) is 0 Å². The van der Waals surface area contributed by atoms with Crippen molar-refractivity contribution in [3.05, 3.63) is 29.8 Å². The van der Waals surface area contributed by atoms with Gasteiger partial charge in [-0.05, 0) is 55.3 Å². The van der Waals surface area contributed by atoms with E-state index in [0.717, 1.165) is 30.6 Å². The first-order chi connectivity index (χ1) is 8.74. The van der Waals surface area contributed by atoms with E-state index in [1.165, 1.54) is 18.4 Å². The summed E-state index contributed by atoms with van der Waals surface area (Å²) in [4.78, 5) is 0. The molecule has 2 unspecified atom stereocenters. The van der Waals surface area contributed by atoms with Crippen molar-refractivity contribution in [2.45, 2.75) is 39.2 Å². The van der Waals surface area contributed by atoms with Crippen molar-refractivity contribution in [1.29, 1.82) is 0 Å². The average Bonchev–Trinajstić information content (AvgIpc) is 3.22. The largest absolute Gasteiger partial charge is 0.497 e. The van der Waals surface area contributed by atoms with Gasteiger partial charge in [0.1, 0.15) is 5.75 Å². The zero-order chi connectivity index (χ0) is 13.0. The summed E-state index contributed by atoms with van der Waals surface area (Å²) < 4.78 is 5.20. The fourth-order valence-corrected chi connectivity index (χ4v) is 2.67. The van der Waals surface area contributed by atoms with Gasteiger partial charge in [0.25, 0.3) is 0 Å². The predicted molar refractivity (Wildman–Crippen MR) is 76.1 cm³/mol. The van der Waals surface area contributed by atoms with Crippen molar-refractivity contribution in [1.82, 2.24) is 5.32 Å². The molecule has 100 valence electrons. The molecule has 1 aliphatic rings. The quantitative estimate of drug-likeness (QED) is 0.798. The summed E-state index contributed by atoms with van der Waals surface area (Å²) in [7, 11) is 1.71. The van der Waals surface area contributed by atoms with E-state index in [1.807, 2.05) is 0 Å². The molecule has 1 aromatic rings. The predicted octanol–water partition coefficient (Wildman–Crippen LogP) is 3.26. The van der Waals surface area contributed by atoms with Crippen molar-refractivity contribution >= 4 is 0 Å². The minimum absolute atomic E-state index is 0.607. The molecule has 0 heterocycles. The number of hydrogen-bond donors (Lipinski definition) is 1. The first kappa shape index (κ1) is 13.4. The number of likely N-dealkylation sites (N-methyl/N-ethyl adjacent to an activating group) is 1. The van der Waals surface area contributed by atoms with Crippen molar-refractivity contribution in [3.8, 4) is 5.75 Å². The summed E-state index contributed by atoms with van der Waals surface area (Å²) in [6, 6.07) is 9.09. The topological polar surface area (TPSA) is 21.3 Å². The van der Waals surface area contributed by atoms with E-state index < -0.39 is 0 Å². The van der Waals surface area contributed by atoms with Crippen molar-refractivity contribution in [2.24, 2.45) is 11.8 Å². The average molecular weight is 247 g/mol. The summed E-state index contributed by atoms with van der Waals surface area (Å²) in [6.07, 6.45) is 3.97. The van der Waals surface area contributed by atoms with Crippen molar-refractivity contribution in [3.63, 3.8) is 0 Å². The molecule has 18 heavy (non-hydrogen) atoms. The van der Waals surface area contributed by atoms with Crippen LogP contribution in [0.4, 0.5) is 0 Å². The zero-order valence-corrected chi connectivity index (χ0v) is 11.8. The van der Waals surface area contributed by atoms with E-state index in [4.69, 9.17) is 4.74 Å². The molecular formula is C16H25NO. The third kappa shape index (κ3) is 3.49. The highest BCUT2D eigenvalue weighted by molar-refractivity contribution is 5.27. The Balaban J connectivity index is 1.97. The first-order valence-electron chi connectivity index (χ1n) is 7.11. The molecule has 1 N–H and O–H groups in total. The molecule has 0 spiro atoms. The lowest BCUT2D eigenvalue weighted by Gasteiger charge is -2.25. The fraction of sp³-hybridized carbons (Fsp3) is 0.625. The van der Waals surface area contributed by atoms with Gasteiger partial charge in [0.05, 0.1) is 7.11 Å². The fourth-order valence-electron chi connectivity index (χ4n) is 2.67. The van der Waals surface area contributed by atoms with Crippen LogP contribution in [0.3, 0.4) is 0 Å². The minimum atomic E-state index is 0.607. The van der Waals surface area contributed by atoms with Gasteiger partial charge < -0.3 is 10.1 Å². The van der Waals surface area contributed by atoms with E-state index in [2.05, 4.69) is 43.4 Å². The van der Waals surface area contributed by atoms with Gasteiger partial charge >= 0.3 is 0 Å². The molecule has 2 atom stereocenters. The first-order valence-corrected chi connectivity index (χ1v) is 7.11. The Bertz CT molecular complexity index is 356. The number of hydrogen-bond acceptors (Lipinski definition) is 2. The number of methoxy groups -OCH3 is 1. The van der Waals surface area contributed by atoms with Crippen LogP contribution in [0, 0.1) is 11.8 Å². The number of rotatable bonds is 7. The molecule has 1 saturated carbocycles. The van der Waals surface area contributed by atoms with Gasteiger partial charge in [0, 0.05) is 6.04 Å². The Kier molecular flexibility index (Phi) is 4.65. The highest BCUT2D eigenvalue weighted by Crippen LogP contribution is 2.38. The van der Waals surface area contributed by atoms with Crippen LogP contribution in [0.15, 0.2) is 24.3 Å². The summed E-state index contributed by atoms with van der Waals surface area (Å²) in [6.45, 7) is 5.65. The molecule has 1 fully saturated rings. The van der Waals surface area contributed by atoms with Gasteiger partial charge in [0.15, 0.2) is 0 Å². The molecule has 1 aliphatic carbocycles. The standard InChI is InChI=1S/C16H25NO/c1-4-17-16(12(2)14-7-8-14)11-13-5-9-15(18-3)10-6-13/h5-6,9-10,12,14,16-17H,4,7-8,11H2,1-3H3. The highest BCUT2D eigenvalue weighted by atomic mass is 16.5. The molecule has 2 heteroatoms. The third-order valence-corrected chi connectivity index (χ3v) is 4.08. The SMILES string of the molecule is CCNC(Cc1ccc(OC)cc1)C(C)C1CC1. The van der Waals surface area contributed by atoms with Crippen LogP contribution in [0.2, 0.25) is 0 Å². The van der Waals surface area contributed by atoms with Crippen LogP contribution in [-0.2, 0) is 6.42 Å². The lowest BCUT2D eigenvalue weighted by atomic mass is 9.91. The molecule has 0 bridgehead atoms. The van der Waals surface area contributed by atoms with E-state index in [-0.39, 0.29) is 0 Å². The van der Waals surface area contributed by atoms with E-state index in [0.29, 0.717) is 6.04 Å². The van der Waals surface area contributed by atoms with E-state index in [9.17, 15) is 0 Å². The summed E-state index contributed by atoms with van der Waals surface area (Å²) in [5, 5.41) is 3.65. The zero-order valence-electron chi connectivity index (χ0n) is 11.8. The second kappa shape index (κ2) is 6.24. The maximum Gasteiger partial charge on any atom is 0.118 e. The highest BCUT2D eigenvalue weighted by Gasteiger charge is 2.32. The second-order valence-electron chi connectivity index (χ2n) is 5.41. The van der Waals surface area contributed by atoms with Gasteiger partial charge in [-0.3, -0.25) is 0 Å². The van der Waals surface area contributed by atoms with Crippen LogP contribution in [0.25, 0.3) is 0 Å². The third-order valence-electron chi connectivity index (χ3n) is 4.08. The van der Waals surface area contributed by atoms with Crippen LogP contribution >= 0.6 is 0 Å². The molecule has 0 radical (unpaired) electrons. The molecular weight excluding hydrogens is 222 g/mol. The molecule has 0 saturated heterocycles. The molecule has 0 aromatic heterocycles. The van der Waals surface area contributed by atoms with Crippen LogP contribution in [0.1, 0.15) is 32.3 Å². The van der Waals surface area contributed by atoms with Crippen LogP contribution in [-0.4, -0.2) is 19.7 Å². The summed E-state index contributed by atoms with van der Waals surface area (Å²) in [5.74, 6) is 2.67. The monoisotopic (exact) mass is 247 g/mol. The summed E-state index contributed by atoms with van der Waals surface area (Å²) >= 11 is 0. The van der Waals surface area contributed by atoms with Gasteiger partial charge in [-0.2, -0.15) is 0 Å². The second-order valence-corrected chi connectivity index (χ2v) is 5.41. The maximum absolute atomic E-state index is 5.20. The number of nitrogens with one attached hydrogen (secondary N) is 1. The van der Waals surface area contributed by atoms with Gasteiger partial charge in [0.2, 0.25) is 0 Å². The Hall–Kier alpha value is -1.02. The van der Waals surface area contributed by atoms with Gasteiger partial charge in [-0.15, -0.1) is 0 Å². The Morgan fingerprint density at radius 3 is 2.44 bits per heavy atom. The molecule has 2 rings (SSSR count). The van der Waals surface area contributed by atoms with Crippen LogP contribution in [0.5, 0.6) is 5.75 Å². The van der Waals surface area contributed by atoms with Gasteiger partial charge in [-0.1, -0.05) is 26.0 Å².